The molecule has 0 radical (unpaired) electrons. The summed E-state index contributed by atoms with van der Waals surface area (Å²) in [6.07, 6.45) is 6.31. The van der Waals surface area contributed by atoms with Crippen LogP contribution in [-0.4, -0.2) is 70.7 Å². The van der Waals surface area contributed by atoms with E-state index >= 15 is 0 Å². The summed E-state index contributed by atoms with van der Waals surface area (Å²) in [4.78, 5) is 48.0. The number of anilines is 1. The first kappa shape index (κ1) is 34.7. The van der Waals surface area contributed by atoms with E-state index in [2.05, 4.69) is 63.7 Å². The van der Waals surface area contributed by atoms with Gasteiger partial charge in [-0.05, 0) is 146 Å². The van der Waals surface area contributed by atoms with Gasteiger partial charge in [0, 0.05) is 60.8 Å². The van der Waals surface area contributed by atoms with Crippen molar-refractivity contribution >= 4 is 22.6 Å². The van der Waals surface area contributed by atoms with Gasteiger partial charge < -0.3 is 25.4 Å². The molecule has 49 heavy (non-hydrogen) atoms. The van der Waals surface area contributed by atoms with Crippen LogP contribution in [0.15, 0.2) is 46.0 Å². The summed E-state index contributed by atoms with van der Waals surface area (Å²) in [7, 11) is 6.03. The molecule has 6 rings (SSSR count). The minimum Gasteiger partial charge on any atom is -0.369 e. The number of amides is 1. The summed E-state index contributed by atoms with van der Waals surface area (Å²) in [5.74, 6) is -0.211. The molecule has 2 aliphatic rings. The summed E-state index contributed by atoms with van der Waals surface area (Å²) >= 11 is 0. The highest BCUT2D eigenvalue weighted by atomic mass is 16.2. The van der Waals surface area contributed by atoms with E-state index in [0.717, 1.165) is 103 Å². The Labute approximate surface area is 289 Å². The Kier molecular flexibility index (Phi) is 10.2. The van der Waals surface area contributed by atoms with Crippen molar-refractivity contribution in [2.24, 2.45) is 7.05 Å². The van der Waals surface area contributed by atoms with Gasteiger partial charge >= 0.3 is 5.69 Å². The van der Waals surface area contributed by atoms with Crippen LogP contribution in [0.3, 0.4) is 0 Å². The second-order valence-corrected chi connectivity index (χ2v) is 14.3. The number of benzene rings is 2. The monoisotopic (exact) mass is 667 g/mol. The summed E-state index contributed by atoms with van der Waals surface area (Å²) in [5, 5.41) is 6.51. The maximum absolute atomic E-state index is 14.0. The third-order valence-corrected chi connectivity index (χ3v) is 11.2. The van der Waals surface area contributed by atoms with E-state index in [0.29, 0.717) is 23.2 Å². The zero-order chi connectivity index (χ0) is 35.0. The highest BCUT2D eigenvalue weighted by molar-refractivity contribution is 5.99. The summed E-state index contributed by atoms with van der Waals surface area (Å²) in [6.45, 7) is 10.9. The summed E-state index contributed by atoms with van der Waals surface area (Å²) in [5.41, 5.74) is 8.35. The van der Waals surface area contributed by atoms with E-state index in [1.807, 2.05) is 51.6 Å². The van der Waals surface area contributed by atoms with Crippen LogP contribution in [0.5, 0.6) is 0 Å². The molecule has 3 N–H and O–H groups in total. The molecule has 10 heteroatoms. The highest BCUT2D eigenvalue weighted by Gasteiger charge is 2.28. The van der Waals surface area contributed by atoms with Gasteiger partial charge in [-0.3, -0.25) is 18.7 Å². The van der Waals surface area contributed by atoms with Gasteiger partial charge in [-0.25, -0.2) is 4.79 Å². The maximum atomic E-state index is 14.0. The molecule has 1 aliphatic heterocycles. The Morgan fingerprint density at radius 3 is 2.29 bits per heavy atom. The number of hydrogen-bond acceptors (Lipinski definition) is 6. The van der Waals surface area contributed by atoms with E-state index in [1.165, 1.54) is 0 Å². The van der Waals surface area contributed by atoms with E-state index in [9.17, 15) is 14.4 Å². The predicted octanol–water partition coefficient (Wildman–Crippen LogP) is 5.17. The zero-order valence-electron chi connectivity index (χ0n) is 30.3. The Morgan fingerprint density at radius 2 is 1.63 bits per heavy atom. The predicted molar refractivity (Wildman–Crippen MR) is 199 cm³/mol. The second-order valence-electron chi connectivity index (χ2n) is 14.3. The Morgan fingerprint density at radius 1 is 0.918 bits per heavy atom. The second kappa shape index (κ2) is 14.4. The number of nitrogens with one attached hydrogen (secondary N) is 3. The van der Waals surface area contributed by atoms with E-state index < -0.39 is 0 Å². The van der Waals surface area contributed by atoms with Gasteiger partial charge in [0.15, 0.2) is 0 Å². The van der Waals surface area contributed by atoms with Gasteiger partial charge in [0.25, 0.3) is 11.5 Å². The van der Waals surface area contributed by atoms with Crippen LogP contribution in [0.4, 0.5) is 5.69 Å². The van der Waals surface area contributed by atoms with Gasteiger partial charge in [-0.2, -0.15) is 0 Å². The van der Waals surface area contributed by atoms with Crippen molar-refractivity contribution < 1.29 is 4.79 Å². The SMILES string of the molecule is CCN(c1cc(-c2ccc3c(c2)n(C)c(=O)n3C2CCN(C)CC2)cc(C(=O)NCc2c(C)cc(C)[nH]c2=O)c1C)C1CCC(NC)CC1. The molecule has 0 bridgehead atoms. The van der Waals surface area contributed by atoms with Gasteiger partial charge in [-0.1, -0.05) is 6.07 Å². The molecule has 4 aromatic rings. The molecular weight excluding hydrogens is 614 g/mol. The first-order chi connectivity index (χ1) is 23.5. The first-order valence-corrected chi connectivity index (χ1v) is 18.0. The minimum absolute atomic E-state index is 0.0158. The number of hydrogen-bond donors (Lipinski definition) is 3. The smallest absolute Gasteiger partial charge is 0.329 e. The van der Waals surface area contributed by atoms with E-state index in [1.54, 1.807) is 4.57 Å². The number of nitrogens with zero attached hydrogens (tertiary/aromatic N) is 4. The molecule has 1 saturated carbocycles. The fourth-order valence-corrected chi connectivity index (χ4v) is 8.22. The lowest BCUT2D eigenvalue weighted by atomic mass is 9.89. The number of likely N-dealkylation sites (tertiary alicyclic amines) is 1. The quantitative estimate of drug-likeness (QED) is 0.227. The van der Waals surface area contributed by atoms with Crippen LogP contribution in [0.25, 0.3) is 22.2 Å². The molecule has 2 fully saturated rings. The number of aromatic amines is 1. The van der Waals surface area contributed by atoms with Crippen molar-refractivity contribution in [2.75, 3.05) is 38.6 Å². The first-order valence-electron chi connectivity index (χ1n) is 18.0. The van der Waals surface area contributed by atoms with Crippen molar-refractivity contribution in [1.29, 1.82) is 0 Å². The van der Waals surface area contributed by atoms with Crippen LogP contribution in [0.1, 0.15) is 84.2 Å². The number of piperidine rings is 1. The number of rotatable bonds is 9. The van der Waals surface area contributed by atoms with E-state index in [-0.39, 0.29) is 29.7 Å². The molecule has 0 atom stereocenters. The van der Waals surface area contributed by atoms with E-state index in [4.69, 9.17) is 0 Å². The number of aryl methyl sites for hydroxylation is 3. The molecule has 1 aliphatic carbocycles. The Balaban J connectivity index is 1.41. The lowest BCUT2D eigenvalue weighted by molar-refractivity contribution is 0.0950. The molecule has 1 amide bonds. The number of H-pyrrole nitrogens is 1. The topological polar surface area (TPSA) is 107 Å². The fourth-order valence-electron chi connectivity index (χ4n) is 8.22. The lowest BCUT2D eigenvalue weighted by Crippen LogP contribution is -2.42. The third kappa shape index (κ3) is 6.85. The fraction of sp³-hybridized carbons (Fsp3) is 0.513. The molecule has 10 nitrogen and oxygen atoms in total. The largest absolute Gasteiger partial charge is 0.369 e. The van der Waals surface area contributed by atoms with Gasteiger partial charge in [0.05, 0.1) is 11.0 Å². The molecule has 1 saturated heterocycles. The van der Waals surface area contributed by atoms with Gasteiger partial charge in [0.1, 0.15) is 0 Å². The van der Waals surface area contributed by atoms with Crippen LogP contribution >= 0.6 is 0 Å². The minimum atomic E-state index is -0.211. The van der Waals surface area contributed by atoms with Crippen molar-refractivity contribution in [2.45, 2.75) is 90.9 Å². The normalized spacial score (nSPS) is 19.0. The van der Waals surface area contributed by atoms with Crippen LogP contribution in [0.2, 0.25) is 0 Å². The standard InChI is InChI=1S/C39H53N7O3/c1-8-45(30-12-10-29(40-5)11-13-30)35-22-28(20-32(26(35)4)37(47)41-23-33-24(2)19-25(3)42-38(33)48)27-9-14-34-36(21-27)44(7)39(49)46(34)31-15-17-43(6)18-16-31/h9,14,19-22,29-31,40H,8,10-13,15-18,23H2,1-7H3,(H,41,47)(H,42,48). The number of fused-ring (bicyclic) bond motifs is 1. The van der Waals surface area contributed by atoms with Crippen LogP contribution in [-0.2, 0) is 13.6 Å². The van der Waals surface area contributed by atoms with Crippen LogP contribution < -0.4 is 26.8 Å². The van der Waals surface area contributed by atoms with Crippen molar-refractivity contribution in [3.8, 4) is 11.1 Å². The van der Waals surface area contributed by atoms with Crippen LogP contribution in [0, 0.1) is 20.8 Å². The highest BCUT2D eigenvalue weighted by Crippen LogP contribution is 2.36. The number of carbonyl (C=O) groups excluding carboxylic acids is 1. The number of pyridine rings is 1. The third-order valence-electron chi connectivity index (χ3n) is 11.2. The molecular formula is C39H53N7O3. The van der Waals surface area contributed by atoms with Crippen molar-refractivity contribution in [1.82, 2.24) is 29.7 Å². The number of aromatic nitrogens is 3. The Bertz CT molecular complexity index is 1960. The van der Waals surface area contributed by atoms with Crippen molar-refractivity contribution in [3.63, 3.8) is 0 Å². The maximum Gasteiger partial charge on any atom is 0.329 e. The molecule has 2 aromatic heterocycles. The van der Waals surface area contributed by atoms with Gasteiger partial charge in [-0.15, -0.1) is 0 Å². The molecule has 3 heterocycles. The number of imidazole rings is 1. The molecule has 2 aromatic carbocycles. The lowest BCUT2D eigenvalue weighted by Gasteiger charge is -2.39. The number of carbonyl (C=O) groups is 1. The molecule has 0 spiro atoms. The Hall–Kier alpha value is -4.15. The molecule has 0 unspecified atom stereocenters. The summed E-state index contributed by atoms with van der Waals surface area (Å²) < 4.78 is 3.75. The average Bonchev–Trinajstić information content (AvgIpc) is 3.34. The van der Waals surface area contributed by atoms with Gasteiger partial charge in [0.2, 0.25) is 0 Å². The average molecular weight is 668 g/mol. The molecule has 262 valence electrons. The van der Waals surface area contributed by atoms with Crippen molar-refractivity contribution in [3.05, 3.63) is 85.2 Å². The zero-order valence-corrected chi connectivity index (χ0v) is 30.3. The summed E-state index contributed by atoms with van der Waals surface area (Å²) in [6, 6.07) is 13.5.